The number of nitrogens with two attached hydrogens (primary N) is 1. The second-order valence-electron chi connectivity index (χ2n) is 8.49. The molecule has 9 N–H and O–H groups in total. The van der Waals surface area contributed by atoms with Gasteiger partial charge >= 0.3 is 21.3 Å². The van der Waals surface area contributed by atoms with Gasteiger partial charge in [0.1, 0.15) is 24.4 Å². The lowest BCUT2D eigenvalue weighted by atomic mass is 9.96. The summed E-state index contributed by atoms with van der Waals surface area (Å²) in [6, 6.07) is -1.54. The number of aromatic nitrogens is 2. The molecule has 38 heavy (non-hydrogen) atoms. The highest BCUT2D eigenvalue weighted by Gasteiger charge is 2.49. The number of phosphoric ester groups is 2. The molecule has 19 nitrogen and oxygen atoms in total. The second kappa shape index (κ2) is 11.7. The number of nitrogens with one attached hydrogen (secondary N) is 2. The third-order valence-corrected chi connectivity index (χ3v) is 8.22. The van der Waals surface area contributed by atoms with Crippen LogP contribution < -0.4 is 22.3 Å². The van der Waals surface area contributed by atoms with Crippen molar-refractivity contribution in [2.45, 2.75) is 69.0 Å². The summed E-state index contributed by atoms with van der Waals surface area (Å²) in [5.41, 5.74) is 4.05. The molecule has 21 heteroatoms. The molecule has 2 fully saturated rings. The Morgan fingerprint density at radius 1 is 1.16 bits per heavy atom. The number of aliphatic hydroxyl groups excluding tert-OH is 3. The van der Waals surface area contributed by atoms with Crippen molar-refractivity contribution in [2.75, 3.05) is 6.61 Å². The average Bonchev–Trinajstić information content (AvgIpc) is 3.06. The molecule has 216 valence electrons. The van der Waals surface area contributed by atoms with Crippen molar-refractivity contribution >= 4 is 21.6 Å². The van der Waals surface area contributed by atoms with Crippen LogP contribution in [0.3, 0.4) is 0 Å². The fraction of sp³-hybridized carbons (Fsp3) is 0.706. The van der Waals surface area contributed by atoms with E-state index in [9.17, 15) is 48.6 Å². The average molecular weight is 590 g/mol. The summed E-state index contributed by atoms with van der Waals surface area (Å²) in [6.45, 7) is 1.49. The Morgan fingerprint density at radius 3 is 2.42 bits per heavy atom. The Labute approximate surface area is 213 Å². The predicted octanol–water partition coefficient (Wildman–Crippen LogP) is -3.66. The minimum atomic E-state index is -5.49. The highest BCUT2D eigenvalue weighted by Crippen LogP contribution is 2.61. The van der Waals surface area contributed by atoms with Crippen LogP contribution in [0.1, 0.15) is 20.1 Å². The van der Waals surface area contributed by atoms with Crippen LogP contribution in [-0.2, 0) is 36.8 Å². The van der Waals surface area contributed by atoms with Crippen LogP contribution in [0.25, 0.3) is 0 Å². The quantitative estimate of drug-likeness (QED) is 0.129. The molecule has 1 aromatic heterocycles. The van der Waals surface area contributed by atoms with Crippen LogP contribution in [0, 0.1) is 0 Å². The molecule has 0 aliphatic carbocycles. The number of nitrogens with zero attached hydrogens (tertiary/aromatic N) is 1. The Hall–Kier alpha value is -1.83. The van der Waals surface area contributed by atoms with Gasteiger partial charge in [-0.15, -0.1) is 0 Å². The number of rotatable bonds is 9. The molecule has 1 amide bonds. The standard InChI is InChI=1S/C17H28N4O15P2/c1-6-10(18)13(25)11(19-7(2)22)16(33-6)35-38(30,31)36-37(28,29)32-5-8-12(24)14(26)15(34-8)21-4-3-9(23)20-17(21)27/h3-4,6,8,10-16,24-26H,5,18H2,1-2H3,(H,19,22)(H,28,29)(H,30,31)(H,20,23,27)/t6-,8-,10-,11-,12-,13+,14-,15-,16+/m1/s1. The van der Waals surface area contributed by atoms with Gasteiger partial charge in [0, 0.05) is 19.2 Å². The van der Waals surface area contributed by atoms with Gasteiger partial charge in [0.05, 0.1) is 24.9 Å². The lowest BCUT2D eigenvalue weighted by molar-refractivity contribution is -0.203. The van der Waals surface area contributed by atoms with Crippen LogP contribution >= 0.6 is 15.6 Å². The van der Waals surface area contributed by atoms with Gasteiger partial charge in [0.15, 0.2) is 12.5 Å². The minimum Gasteiger partial charge on any atom is -0.389 e. The maximum absolute atomic E-state index is 12.4. The van der Waals surface area contributed by atoms with Gasteiger partial charge in [-0.3, -0.25) is 28.2 Å². The minimum absolute atomic E-state index is 0.683. The molecule has 3 heterocycles. The fourth-order valence-corrected chi connectivity index (χ4v) is 5.90. The predicted molar refractivity (Wildman–Crippen MR) is 121 cm³/mol. The zero-order valence-corrected chi connectivity index (χ0v) is 21.6. The normalized spacial score (nSPS) is 36.8. The van der Waals surface area contributed by atoms with E-state index in [2.05, 4.69) is 14.2 Å². The smallest absolute Gasteiger partial charge is 0.389 e. The zero-order valence-electron chi connectivity index (χ0n) is 19.8. The van der Waals surface area contributed by atoms with Gasteiger partial charge in [0.2, 0.25) is 5.91 Å². The summed E-state index contributed by atoms with van der Waals surface area (Å²) < 4.78 is 49.7. The number of phosphoric acid groups is 2. The maximum atomic E-state index is 12.4. The van der Waals surface area contributed by atoms with Crippen molar-refractivity contribution in [3.63, 3.8) is 0 Å². The summed E-state index contributed by atoms with van der Waals surface area (Å²) >= 11 is 0. The topological polar surface area (TPSA) is 291 Å². The van der Waals surface area contributed by atoms with Gasteiger partial charge in [-0.25, -0.2) is 13.9 Å². The van der Waals surface area contributed by atoms with Gasteiger partial charge in [-0.1, -0.05) is 0 Å². The number of hydrogen-bond donors (Lipinski definition) is 8. The zero-order chi connectivity index (χ0) is 28.6. The van der Waals surface area contributed by atoms with Crippen LogP contribution in [0.15, 0.2) is 21.9 Å². The van der Waals surface area contributed by atoms with E-state index in [1.54, 1.807) is 0 Å². The molecule has 1 aromatic rings. The Bertz CT molecular complexity index is 1220. The molecule has 2 aliphatic rings. The lowest BCUT2D eigenvalue weighted by Gasteiger charge is -2.42. The lowest BCUT2D eigenvalue weighted by Crippen LogP contribution is -2.65. The Morgan fingerprint density at radius 2 is 1.82 bits per heavy atom. The van der Waals surface area contributed by atoms with E-state index in [0.717, 1.165) is 23.8 Å². The van der Waals surface area contributed by atoms with Crippen molar-refractivity contribution in [1.82, 2.24) is 14.9 Å². The molecule has 0 radical (unpaired) electrons. The first kappa shape index (κ1) is 30.7. The summed E-state index contributed by atoms with van der Waals surface area (Å²) in [4.78, 5) is 56.5. The number of aromatic amines is 1. The van der Waals surface area contributed by atoms with Gasteiger partial charge in [-0.05, 0) is 6.92 Å². The number of ether oxygens (including phenoxy) is 2. The van der Waals surface area contributed by atoms with Crippen molar-refractivity contribution in [2.24, 2.45) is 5.73 Å². The number of carbonyl (C=O) groups is 1. The largest absolute Gasteiger partial charge is 0.483 e. The molecular weight excluding hydrogens is 562 g/mol. The number of amides is 1. The fourth-order valence-electron chi connectivity index (χ4n) is 3.74. The van der Waals surface area contributed by atoms with E-state index in [4.69, 9.17) is 19.7 Å². The Balaban J connectivity index is 1.64. The first-order valence-electron chi connectivity index (χ1n) is 10.9. The second-order valence-corrected chi connectivity index (χ2v) is 11.5. The van der Waals surface area contributed by atoms with Crippen LogP contribution in [0.2, 0.25) is 0 Å². The highest BCUT2D eigenvalue weighted by molar-refractivity contribution is 7.61. The summed E-state index contributed by atoms with van der Waals surface area (Å²) in [5.74, 6) is -0.683. The molecule has 2 unspecified atom stereocenters. The van der Waals surface area contributed by atoms with Gasteiger partial charge in [0.25, 0.3) is 5.56 Å². The molecule has 0 bridgehead atoms. The maximum Gasteiger partial charge on any atom is 0.483 e. The van der Waals surface area contributed by atoms with Crippen LogP contribution in [0.5, 0.6) is 0 Å². The monoisotopic (exact) mass is 590 g/mol. The van der Waals surface area contributed by atoms with Crippen LogP contribution in [-0.4, -0.2) is 96.1 Å². The van der Waals surface area contributed by atoms with Crippen molar-refractivity contribution < 1.29 is 61.9 Å². The molecule has 0 spiro atoms. The number of aliphatic hydroxyl groups is 3. The summed E-state index contributed by atoms with van der Waals surface area (Å²) in [7, 11) is -10.9. The first-order chi connectivity index (χ1) is 17.5. The SMILES string of the molecule is CC(=O)N[C@H]1[C@H](OP(=O)(O)OP(=O)(O)OC[C@H]2O[C@@H](n3ccc(=O)[nH]c3=O)[C@H](O)[C@@H]2O)O[C@H](C)[C@@H](N)[C@@H]1O. The van der Waals surface area contributed by atoms with Crippen molar-refractivity contribution in [1.29, 1.82) is 0 Å². The van der Waals surface area contributed by atoms with E-state index in [1.807, 2.05) is 4.98 Å². The molecule has 0 saturated carbocycles. The molecular formula is C17H28N4O15P2. The van der Waals surface area contributed by atoms with E-state index in [0.29, 0.717) is 0 Å². The number of hydrogen-bond acceptors (Lipinski definition) is 14. The van der Waals surface area contributed by atoms with E-state index < -0.39 is 94.5 Å². The van der Waals surface area contributed by atoms with Gasteiger partial charge < -0.3 is 45.6 Å². The molecule has 2 aliphatic heterocycles. The first-order valence-corrected chi connectivity index (χ1v) is 13.9. The number of carbonyl (C=O) groups excluding carboxylic acids is 1. The van der Waals surface area contributed by atoms with Crippen molar-refractivity contribution in [3.8, 4) is 0 Å². The Kier molecular flexibility index (Phi) is 9.48. The summed E-state index contributed by atoms with van der Waals surface area (Å²) in [6.07, 6.45) is -9.87. The van der Waals surface area contributed by atoms with Crippen LogP contribution in [0.4, 0.5) is 0 Å². The summed E-state index contributed by atoms with van der Waals surface area (Å²) in [5, 5.41) is 32.9. The molecule has 11 atom stereocenters. The van der Waals surface area contributed by atoms with E-state index >= 15 is 0 Å². The molecule has 0 aromatic carbocycles. The number of H-pyrrole nitrogens is 1. The third-order valence-electron chi connectivity index (χ3n) is 5.62. The molecule has 2 saturated heterocycles. The van der Waals surface area contributed by atoms with E-state index in [-0.39, 0.29) is 0 Å². The van der Waals surface area contributed by atoms with Gasteiger partial charge in [-0.2, -0.15) is 4.31 Å². The van der Waals surface area contributed by atoms with E-state index in [1.165, 1.54) is 6.92 Å². The third kappa shape index (κ3) is 7.22. The molecule has 3 rings (SSSR count). The highest BCUT2D eigenvalue weighted by atomic mass is 31.3. The van der Waals surface area contributed by atoms with Crippen molar-refractivity contribution in [3.05, 3.63) is 33.1 Å².